The second-order valence-electron chi connectivity index (χ2n) is 6.23. The van der Waals surface area contributed by atoms with Crippen LogP contribution >= 0.6 is 0 Å². The van der Waals surface area contributed by atoms with Gasteiger partial charge in [-0.25, -0.2) is 0 Å². The van der Waals surface area contributed by atoms with Gasteiger partial charge in [-0.05, 0) is 62.7 Å². The van der Waals surface area contributed by atoms with Gasteiger partial charge in [-0.1, -0.05) is 31.2 Å². The van der Waals surface area contributed by atoms with Gasteiger partial charge in [0.2, 0.25) is 0 Å². The third kappa shape index (κ3) is 4.32. The minimum absolute atomic E-state index is 0.551. The first kappa shape index (κ1) is 15.5. The van der Waals surface area contributed by atoms with Crippen molar-refractivity contribution in [1.82, 2.24) is 4.90 Å². The molecule has 0 amide bonds. The summed E-state index contributed by atoms with van der Waals surface area (Å²) < 4.78 is 5.11. The highest BCUT2D eigenvalue weighted by molar-refractivity contribution is 5.25. The van der Waals surface area contributed by atoms with Gasteiger partial charge >= 0.3 is 0 Å². The van der Waals surface area contributed by atoms with Crippen LogP contribution in [0.15, 0.2) is 24.3 Å². The van der Waals surface area contributed by atoms with Crippen LogP contribution in [0.1, 0.15) is 50.3 Å². The highest BCUT2D eigenvalue weighted by Crippen LogP contribution is 2.26. The van der Waals surface area contributed by atoms with Crippen LogP contribution in [0.2, 0.25) is 0 Å². The summed E-state index contributed by atoms with van der Waals surface area (Å²) in [6.45, 7) is 8.06. The molecule has 1 aromatic carbocycles. The average molecular weight is 275 g/mol. The molecule has 20 heavy (non-hydrogen) atoms. The predicted octanol–water partition coefficient (Wildman–Crippen LogP) is 4.06. The Balaban J connectivity index is 1.88. The van der Waals surface area contributed by atoms with E-state index >= 15 is 0 Å². The smallest absolute Gasteiger partial charge is 0.0465 e. The molecular formula is C18H29NO. The van der Waals surface area contributed by atoms with Gasteiger partial charge in [0, 0.05) is 19.8 Å². The van der Waals surface area contributed by atoms with Crippen LogP contribution in [-0.2, 0) is 11.2 Å². The Bertz CT molecular complexity index is 379. The summed E-state index contributed by atoms with van der Waals surface area (Å²) in [6, 6.07) is 9.74. The summed E-state index contributed by atoms with van der Waals surface area (Å²) in [6.07, 6.45) is 4.91. The Morgan fingerprint density at radius 3 is 2.45 bits per heavy atom. The van der Waals surface area contributed by atoms with Crippen molar-refractivity contribution in [2.45, 2.75) is 45.6 Å². The quantitative estimate of drug-likeness (QED) is 0.726. The van der Waals surface area contributed by atoms with Crippen molar-refractivity contribution < 1.29 is 4.74 Å². The molecule has 1 aliphatic rings. The summed E-state index contributed by atoms with van der Waals surface area (Å²) in [5.41, 5.74) is 2.88. The minimum Gasteiger partial charge on any atom is -0.385 e. The number of likely N-dealkylation sites (tertiary alicyclic amines) is 1. The molecule has 0 aliphatic carbocycles. The lowest BCUT2D eigenvalue weighted by Crippen LogP contribution is -2.34. The zero-order chi connectivity index (χ0) is 14.4. The van der Waals surface area contributed by atoms with Crippen LogP contribution < -0.4 is 0 Å². The Labute approximate surface area is 124 Å². The Morgan fingerprint density at radius 2 is 1.85 bits per heavy atom. The fraction of sp³-hybridized carbons (Fsp3) is 0.667. The molecule has 2 rings (SSSR count). The number of nitrogens with zero attached hydrogens (tertiary/aromatic N) is 1. The van der Waals surface area contributed by atoms with E-state index < -0.39 is 0 Å². The largest absolute Gasteiger partial charge is 0.385 e. The third-order valence-electron chi connectivity index (χ3n) is 4.64. The minimum atomic E-state index is 0.551. The number of benzene rings is 1. The SMILES string of the molecule is COCCCc1ccc(C(C)N2CCC(C)CC2)cc1. The summed E-state index contributed by atoms with van der Waals surface area (Å²) >= 11 is 0. The molecule has 1 atom stereocenters. The molecule has 0 radical (unpaired) electrons. The van der Waals surface area contributed by atoms with Crippen molar-refractivity contribution in [1.29, 1.82) is 0 Å². The molecule has 1 unspecified atom stereocenters. The molecule has 1 fully saturated rings. The first-order valence-corrected chi connectivity index (χ1v) is 8.02. The van der Waals surface area contributed by atoms with Crippen molar-refractivity contribution in [2.75, 3.05) is 26.8 Å². The van der Waals surface area contributed by atoms with Crippen molar-refractivity contribution >= 4 is 0 Å². The van der Waals surface area contributed by atoms with Crippen LogP contribution in [0, 0.1) is 5.92 Å². The van der Waals surface area contributed by atoms with Crippen LogP contribution in [0.4, 0.5) is 0 Å². The van der Waals surface area contributed by atoms with Crippen molar-refractivity contribution in [3.05, 3.63) is 35.4 Å². The second kappa shape index (κ2) is 7.80. The molecule has 0 aromatic heterocycles. The average Bonchev–Trinajstić information content (AvgIpc) is 2.48. The van der Waals surface area contributed by atoms with Gasteiger partial charge in [-0.3, -0.25) is 4.90 Å². The number of ether oxygens (including phenoxy) is 1. The van der Waals surface area contributed by atoms with Crippen LogP contribution in [0.3, 0.4) is 0 Å². The van der Waals surface area contributed by atoms with Gasteiger partial charge in [0.25, 0.3) is 0 Å². The number of piperidine rings is 1. The van der Waals surface area contributed by atoms with E-state index in [2.05, 4.69) is 43.0 Å². The van der Waals surface area contributed by atoms with E-state index in [1.165, 1.54) is 37.1 Å². The van der Waals surface area contributed by atoms with Gasteiger partial charge in [-0.2, -0.15) is 0 Å². The van der Waals surface area contributed by atoms with Crippen LogP contribution in [-0.4, -0.2) is 31.7 Å². The van der Waals surface area contributed by atoms with Gasteiger partial charge < -0.3 is 4.74 Å². The molecular weight excluding hydrogens is 246 g/mol. The highest BCUT2D eigenvalue weighted by Gasteiger charge is 2.21. The lowest BCUT2D eigenvalue weighted by Gasteiger charge is -2.35. The van der Waals surface area contributed by atoms with Crippen molar-refractivity contribution in [2.24, 2.45) is 5.92 Å². The molecule has 1 saturated heterocycles. The summed E-state index contributed by atoms with van der Waals surface area (Å²) in [4.78, 5) is 2.62. The topological polar surface area (TPSA) is 12.5 Å². The Kier molecular flexibility index (Phi) is 6.06. The molecule has 1 aliphatic heterocycles. The fourth-order valence-electron chi connectivity index (χ4n) is 3.01. The molecule has 1 heterocycles. The molecule has 0 bridgehead atoms. The van der Waals surface area contributed by atoms with Crippen LogP contribution in [0.5, 0.6) is 0 Å². The number of rotatable bonds is 6. The van der Waals surface area contributed by atoms with E-state index in [9.17, 15) is 0 Å². The van der Waals surface area contributed by atoms with Gasteiger partial charge in [0.1, 0.15) is 0 Å². The summed E-state index contributed by atoms with van der Waals surface area (Å²) in [5.74, 6) is 0.904. The highest BCUT2D eigenvalue weighted by atomic mass is 16.5. The fourth-order valence-corrected chi connectivity index (χ4v) is 3.01. The normalized spacial score (nSPS) is 19.1. The maximum Gasteiger partial charge on any atom is 0.0465 e. The van der Waals surface area contributed by atoms with Gasteiger partial charge in [-0.15, -0.1) is 0 Å². The number of hydrogen-bond acceptors (Lipinski definition) is 2. The first-order chi connectivity index (χ1) is 9.70. The molecule has 2 heteroatoms. The van der Waals surface area contributed by atoms with Gasteiger partial charge in [0.15, 0.2) is 0 Å². The zero-order valence-corrected chi connectivity index (χ0v) is 13.3. The molecule has 2 nitrogen and oxygen atoms in total. The van der Waals surface area contributed by atoms with E-state index in [0.717, 1.165) is 25.4 Å². The summed E-state index contributed by atoms with van der Waals surface area (Å²) in [5, 5.41) is 0. The maximum atomic E-state index is 5.11. The number of hydrogen-bond donors (Lipinski definition) is 0. The predicted molar refractivity (Wildman–Crippen MR) is 85.0 cm³/mol. The monoisotopic (exact) mass is 275 g/mol. The first-order valence-electron chi connectivity index (χ1n) is 8.02. The third-order valence-corrected chi connectivity index (χ3v) is 4.64. The Hall–Kier alpha value is -0.860. The van der Waals surface area contributed by atoms with E-state index in [1.54, 1.807) is 7.11 Å². The van der Waals surface area contributed by atoms with E-state index in [0.29, 0.717) is 6.04 Å². The second-order valence-corrected chi connectivity index (χ2v) is 6.23. The standard InChI is InChI=1S/C18H29NO/c1-15-10-12-19(13-11-15)16(2)18-8-6-17(7-9-18)5-4-14-20-3/h6-9,15-16H,4-5,10-14H2,1-3H3. The van der Waals surface area contributed by atoms with E-state index in [1.807, 2.05) is 0 Å². The molecule has 0 N–H and O–H groups in total. The van der Waals surface area contributed by atoms with Gasteiger partial charge in [0.05, 0.1) is 0 Å². The molecule has 112 valence electrons. The van der Waals surface area contributed by atoms with Crippen LogP contribution in [0.25, 0.3) is 0 Å². The number of aryl methyl sites for hydroxylation is 1. The lowest BCUT2D eigenvalue weighted by molar-refractivity contribution is 0.147. The van der Waals surface area contributed by atoms with Crippen molar-refractivity contribution in [3.63, 3.8) is 0 Å². The number of methoxy groups -OCH3 is 1. The summed E-state index contributed by atoms with van der Waals surface area (Å²) in [7, 11) is 1.77. The molecule has 1 aromatic rings. The molecule has 0 saturated carbocycles. The lowest BCUT2D eigenvalue weighted by atomic mass is 9.96. The van der Waals surface area contributed by atoms with E-state index in [4.69, 9.17) is 4.74 Å². The maximum absolute atomic E-state index is 5.11. The zero-order valence-electron chi connectivity index (χ0n) is 13.3. The van der Waals surface area contributed by atoms with E-state index in [-0.39, 0.29) is 0 Å². The Morgan fingerprint density at radius 1 is 1.20 bits per heavy atom. The van der Waals surface area contributed by atoms with Crippen molar-refractivity contribution in [3.8, 4) is 0 Å². The molecule has 0 spiro atoms.